The third-order valence-corrected chi connectivity index (χ3v) is 7.71. The topological polar surface area (TPSA) is 117 Å². The van der Waals surface area contributed by atoms with E-state index in [1.165, 1.54) is 57.8 Å². The molecular weight excluding hydrogens is 538 g/mol. The molecule has 41 heavy (non-hydrogen) atoms. The Hall–Kier alpha value is -2.78. The Morgan fingerprint density at radius 3 is 1.83 bits per heavy atom. The number of benzene rings is 2. The second-order valence-corrected chi connectivity index (χ2v) is 12.2. The molecule has 2 rings (SSSR count). The second kappa shape index (κ2) is 21.0. The van der Waals surface area contributed by atoms with Crippen LogP contribution in [0.3, 0.4) is 0 Å². The van der Waals surface area contributed by atoms with Gasteiger partial charge in [-0.2, -0.15) is 18.6 Å². The van der Waals surface area contributed by atoms with Crippen LogP contribution in [-0.2, 0) is 14.9 Å². The van der Waals surface area contributed by atoms with E-state index in [1.54, 1.807) is 0 Å². The number of carbonyl (C=O) groups is 1. The van der Waals surface area contributed by atoms with Crippen molar-refractivity contribution in [2.45, 2.75) is 109 Å². The summed E-state index contributed by atoms with van der Waals surface area (Å²) in [5.74, 6) is 0.295. The Labute approximate surface area is 247 Å². The molecule has 0 aliphatic carbocycles. The molecule has 1 unspecified atom stereocenters. The van der Waals surface area contributed by atoms with Crippen LogP contribution in [0.2, 0.25) is 0 Å². The highest BCUT2D eigenvalue weighted by Gasteiger charge is 2.09. The van der Waals surface area contributed by atoms with Crippen molar-refractivity contribution in [3.8, 4) is 5.75 Å². The standard InChI is InChI=1S/C32H49N3O5S/c1-2-30(40-31-24-22-29(23-25-31)35-34-28-18-14-13-15-19-28)20-16-11-9-7-5-3-4-6-8-10-12-17-21-32(36)33-26-27-41(37,38)39/h13-15,18-19,22-25,30H,2-12,16-17,20-21,26-27H2,1H3,(H,33,36)(H,37,38,39). The molecule has 0 spiro atoms. The van der Waals surface area contributed by atoms with Gasteiger partial charge in [-0.3, -0.25) is 9.35 Å². The minimum absolute atomic E-state index is 0.0360. The van der Waals surface area contributed by atoms with Gasteiger partial charge < -0.3 is 10.1 Å². The third-order valence-electron chi connectivity index (χ3n) is 6.99. The van der Waals surface area contributed by atoms with E-state index in [1.807, 2.05) is 54.6 Å². The monoisotopic (exact) mass is 587 g/mol. The highest BCUT2D eigenvalue weighted by Crippen LogP contribution is 2.23. The number of ether oxygens (including phenoxy) is 1. The van der Waals surface area contributed by atoms with Crippen molar-refractivity contribution in [2.24, 2.45) is 10.2 Å². The number of unbranched alkanes of at least 4 members (excludes halogenated alkanes) is 11. The molecule has 9 heteroatoms. The molecule has 2 aromatic carbocycles. The van der Waals surface area contributed by atoms with E-state index in [4.69, 9.17) is 9.29 Å². The van der Waals surface area contributed by atoms with Crippen molar-refractivity contribution >= 4 is 27.4 Å². The summed E-state index contributed by atoms with van der Waals surface area (Å²) in [6.45, 7) is 2.15. The van der Waals surface area contributed by atoms with Crippen LogP contribution in [0.1, 0.15) is 103 Å². The maximum absolute atomic E-state index is 11.6. The predicted molar refractivity (Wildman–Crippen MR) is 166 cm³/mol. The van der Waals surface area contributed by atoms with Gasteiger partial charge in [-0.15, -0.1) is 0 Å². The molecule has 0 aliphatic heterocycles. The zero-order valence-corrected chi connectivity index (χ0v) is 25.5. The molecule has 0 bridgehead atoms. The van der Waals surface area contributed by atoms with Gasteiger partial charge in [0.2, 0.25) is 5.91 Å². The normalized spacial score (nSPS) is 12.4. The maximum atomic E-state index is 11.6. The van der Waals surface area contributed by atoms with E-state index in [-0.39, 0.29) is 18.6 Å². The molecule has 1 atom stereocenters. The molecule has 228 valence electrons. The van der Waals surface area contributed by atoms with Crippen molar-refractivity contribution in [3.05, 3.63) is 54.6 Å². The van der Waals surface area contributed by atoms with Gasteiger partial charge >= 0.3 is 0 Å². The number of azo groups is 1. The first-order valence-electron chi connectivity index (χ1n) is 15.3. The lowest BCUT2D eigenvalue weighted by Crippen LogP contribution is -2.28. The predicted octanol–water partition coefficient (Wildman–Crippen LogP) is 8.72. The van der Waals surface area contributed by atoms with E-state index >= 15 is 0 Å². The molecule has 0 aliphatic rings. The summed E-state index contributed by atoms with van der Waals surface area (Å²) < 4.78 is 36.1. The number of hydrogen-bond acceptors (Lipinski definition) is 6. The van der Waals surface area contributed by atoms with Crippen LogP contribution < -0.4 is 10.1 Å². The lowest BCUT2D eigenvalue weighted by Gasteiger charge is -2.17. The second-order valence-electron chi connectivity index (χ2n) is 10.6. The highest BCUT2D eigenvalue weighted by atomic mass is 32.2. The summed E-state index contributed by atoms with van der Waals surface area (Å²) in [7, 11) is -4.01. The Morgan fingerprint density at radius 2 is 1.29 bits per heavy atom. The van der Waals surface area contributed by atoms with Crippen LogP contribution in [0.5, 0.6) is 5.75 Å². The fourth-order valence-corrected chi connectivity index (χ4v) is 4.93. The van der Waals surface area contributed by atoms with Crippen LogP contribution in [0.15, 0.2) is 64.8 Å². The fraction of sp³-hybridized carbons (Fsp3) is 0.594. The average Bonchev–Trinajstić information content (AvgIpc) is 2.96. The molecular formula is C32H49N3O5S. The molecule has 0 fully saturated rings. The number of nitrogens with zero attached hydrogens (tertiary/aromatic N) is 2. The zero-order valence-electron chi connectivity index (χ0n) is 24.7. The van der Waals surface area contributed by atoms with Crippen molar-refractivity contribution in [1.82, 2.24) is 5.32 Å². The van der Waals surface area contributed by atoms with Gasteiger partial charge in [0.15, 0.2) is 0 Å². The smallest absolute Gasteiger partial charge is 0.266 e. The van der Waals surface area contributed by atoms with Gasteiger partial charge in [0, 0.05) is 13.0 Å². The van der Waals surface area contributed by atoms with E-state index in [9.17, 15) is 13.2 Å². The first kappa shape index (κ1) is 34.4. The van der Waals surface area contributed by atoms with Gasteiger partial charge in [0.05, 0.1) is 23.2 Å². The Kier molecular flexibility index (Phi) is 17.6. The summed E-state index contributed by atoms with van der Waals surface area (Å²) in [5.41, 5.74) is 1.65. The highest BCUT2D eigenvalue weighted by molar-refractivity contribution is 7.85. The number of carbonyl (C=O) groups excluding carboxylic acids is 1. The number of amides is 1. The van der Waals surface area contributed by atoms with Gasteiger partial charge in [0.25, 0.3) is 10.1 Å². The molecule has 0 saturated heterocycles. The van der Waals surface area contributed by atoms with Gasteiger partial charge in [-0.1, -0.05) is 89.3 Å². The van der Waals surface area contributed by atoms with Crippen LogP contribution in [-0.4, -0.2) is 37.3 Å². The van der Waals surface area contributed by atoms with E-state index in [0.29, 0.717) is 6.42 Å². The van der Waals surface area contributed by atoms with Crippen molar-refractivity contribution < 1.29 is 22.5 Å². The van der Waals surface area contributed by atoms with Crippen molar-refractivity contribution in [3.63, 3.8) is 0 Å². The van der Waals surface area contributed by atoms with Gasteiger partial charge in [0.1, 0.15) is 5.75 Å². The molecule has 2 aromatic rings. The Balaban J connectivity index is 1.41. The molecule has 0 saturated carbocycles. The van der Waals surface area contributed by atoms with Crippen LogP contribution in [0.25, 0.3) is 0 Å². The fourth-order valence-electron chi connectivity index (χ4n) is 4.57. The SMILES string of the molecule is CCC(CCCCCCCCCCCCCCC(=O)NCCS(=O)(=O)O)Oc1ccc(N=Nc2ccccc2)cc1. The van der Waals surface area contributed by atoms with Crippen molar-refractivity contribution in [1.29, 1.82) is 0 Å². The van der Waals surface area contributed by atoms with Crippen LogP contribution in [0.4, 0.5) is 11.4 Å². The quantitative estimate of drug-likeness (QED) is 0.0766. The molecule has 0 aromatic heterocycles. The first-order chi connectivity index (χ1) is 19.9. The average molecular weight is 588 g/mol. The lowest BCUT2D eigenvalue weighted by molar-refractivity contribution is -0.121. The van der Waals surface area contributed by atoms with E-state index in [0.717, 1.165) is 49.2 Å². The molecule has 2 N–H and O–H groups in total. The van der Waals surface area contributed by atoms with Crippen LogP contribution >= 0.6 is 0 Å². The summed E-state index contributed by atoms with van der Waals surface area (Å²) in [6, 6.07) is 17.5. The number of hydrogen-bond donors (Lipinski definition) is 2. The first-order valence-corrected chi connectivity index (χ1v) is 16.9. The minimum Gasteiger partial charge on any atom is -0.490 e. The zero-order chi connectivity index (χ0) is 29.6. The van der Waals surface area contributed by atoms with E-state index < -0.39 is 15.9 Å². The van der Waals surface area contributed by atoms with Gasteiger partial charge in [-0.25, -0.2) is 0 Å². The third kappa shape index (κ3) is 18.3. The molecule has 8 nitrogen and oxygen atoms in total. The number of nitrogens with one attached hydrogen (secondary N) is 1. The van der Waals surface area contributed by atoms with Gasteiger partial charge in [-0.05, 0) is 62.1 Å². The number of rotatable bonds is 23. The minimum atomic E-state index is -4.01. The van der Waals surface area contributed by atoms with Crippen molar-refractivity contribution in [2.75, 3.05) is 12.3 Å². The summed E-state index contributed by atoms with van der Waals surface area (Å²) in [4.78, 5) is 11.6. The van der Waals surface area contributed by atoms with E-state index in [2.05, 4.69) is 22.5 Å². The molecule has 1 amide bonds. The molecule has 0 radical (unpaired) electrons. The summed E-state index contributed by atoms with van der Waals surface area (Å²) >= 11 is 0. The largest absolute Gasteiger partial charge is 0.490 e. The van der Waals surface area contributed by atoms with Crippen LogP contribution in [0, 0.1) is 0 Å². The lowest BCUT2D eigenvalue weighted by atomic mass is 10.0. The maximum Gasteiger partial charge on any atom is 0.266 e. The summed E-state index contributed by atoms with van der Waals surface area (Å²) in [5, 5.41) is 11.1. The Bertz CT molecular complexity index is 1090. The summed E-state index contributed by atoms with van der Waals surface area (Å²) in [6.07, 6.45) is 17.0. The Morgan fingerprint density at radius 1 is 0.780 bits per heavy atom. The molecule has 0 heterocycles.